The van der Waals surface area contributed by atoms with Crippen LogP contribution in [0.2, 0.25) is 0 Å². The molecule has 2 rings (SSSR count). The standard InChI is InChI=1S/C13H14BrNO4/c1-2-19-13(18)10-5-8(14)3-4-11(10)15-7-9(16)6-12(15)17/h3-5,9,16H,2,6-7H2,1H3. The number of anilines is 1. The second-order valence-corrected chi connectivity index (χ2v) is 5.16. The summed E-state index contributed by atoms with van der Waals surface area (Å²) in [6.45, 7) is 2.19. The Hall–Kier alpha value is -1.40. The molecule has 1 unspecified atom stereocenters. The molecule has 0 aliphatic carbocycles. The molecule has 0 radical (unpaired) electrons. The minimum absolute atomic E-state index is 0.0817. The van der Waals surface area contributed by atoms with Gasteiger partial charge >= 0.3 is 5.97 Å². The molecule has 0 bridgehead atoms. The monoisotopic (exact) mass is 327 g/mol. The van der Waals surface area contributed by atoms with Crippen LogP contribution in [0.15, 0.2) is 22.7 Å². The summed E-state index contributed by atoms with van der Waals surface area (Å²) in [6, 6.07) is 5.04. The molecule has 1 saturated heterocycles. The third-order valence-corrected chi connectivity index (χ3v) is 3.34. The zero-order valence-electron chi connectivity index (χ0n) is 10.4. The number of nitrogens with zero attached hydrogens (tertiary/aromatic N) is 1. The fourth-order valence-corrected chi connectivity index (χ4v) is 2.40. The third kappa shape index (κ3) is 2.96. The summed E-state index contributed by atoms with van der Waals surface area (Å²) >= 11 is 3.29. The number of rotatable bonds is 3. The number of carbonyl (C=O) groups excluding carboxylic acids is 2. The minimum Gasteiger partial charge on any atom is -0.462 e. The molecule has 1 aliphatic rings. The highest BCUT2D eigenvalue weighted by Crippen LogP contribution is 2.29. The molecule has 0 spiro atoms. The number of aliphatic hydroxyl groups excluding tert-OH is 1. The van der Waals surface area contributed by atoms with E-state index in [0.717, 1.165) is 4.47 Å². The molecule has 1 N–H and O–H groups in total. The summed E-state index contributed by atoms with van der Waals surface area (Å²) in [7, 11) is 0. The van der Waals surface area contributed by atoms with Crippen molar-refractivity contribution in [1.29, 1.82) is 0 Å². The van der Waals surface area contributed by atoms with Crippen LogP contribution in [0.1, 0.15) is 23.7 Å². The van der Waals surface area contributed by atoms with Crippen LogP contribution in [0.4, 0.5) is 5.69 Å². The van der Waals surface area contributed by atoms with Gasteiger partial charge in [0.05, 0.1) is 36.9 Å². The summed E-state index contributed by atoms with van der Waals surface area (Å²) in [4.78, 5) is 25.1. The first-order valence-corrected chi connectivity index (χ1v) is 6.77. The van der Waals surface area contributed by atoms with Crippen molar-refractivity contribution in [2.24, 2.45) is 0 Å². The van der Waals surface area contributed by atoms with Gasteiger partial charge in [0.2, 0.25) is 5.91 Å². The number of halogens is 1. The van der Waals surface area contributed by atoms with Crippen molar-refractivity contribution in [3.05, 3.63) is 28.2 Å². The lowest BCUT2D eigenvalue weighted by atomic mass is 10.1. The third-order valence-electron chi connectivity index (χ3n) is 2.85. The van der Waals surface area contributed by atoms with E-state index in [1.165, 1.54) is 4.90 Å². The van der Waals surface area contributed by atoms with Crippen LogP contribution in [0, 0.1) is 0 Å². The fourth-order valence-electron chi connectivity index (χ4n) is 2.04. The molecule has 1 fully saturated rings. The van der Waals surface area contributed by atoms with Crippen LogP contribution in [0.25, 0.3) is 0 Å². The molecule has 5 nitrogen and oxygen atoms in total. The van der Waals surface area contributed by atoms with Gasteiger partial charge in [-0.2, -0.15) is 0 Å². The Morgan fingerprint density at radius 1 is 1.58 bits per heavy atom. The van der Waals surface area contributed by atoms with Gasteiger partial charge in [0.25, 0.3) is 0 Å². The highest BCUT2D eigenvalue weighted by atomic mass is 79.9. The summed E-state index contributed by atoms with van der Waals surface area (Å²) in [5.41, 5.74) is 0.793. The average Bonchev–Trinajstić information content (AvgIpc) is 2.68. The van der Waals surface area contributed by atoms with Gasteiger partial charge in [-0.1, -0.05) is 15.9 Å². The van der Waals surface area contributed by atoms with Gasteiger partial charge in [0.15, 0.2) is 0 Å². The van der Waals surface area contributed by atoms with Crippen molar-refractivity contribution >= 4 is 33.5 Å². The number of β-amino-alcohol motifs (C(OH)–C–C–N with tert-alkyl or cyclic N) is 1. The lowest BCUT2D eigenvalue weighted by Gasteiger charge is -2.19. The van der Waals surface area contributed by atoms with Crippen molar-refractivity contribution in [2.45, 2.75) is 19.4 Å². The first-order chi connectivity index (χ1) is 9.02. The maximum absolute atomic E-state index is 11.9. The summed E-state index contributed by atoms with van der Waals surface area (Å²) in [5, 5.41) is 9.53. The largest absolute Gasteiger partial charge is 0.462 e. The number of aliphatic hydroxyl groups is 1. The first kappa shape index (κ1) is 14.0. The average molecular weight is 328 g/mol. The molecular weight excluding hydrogens is 314 g/mol. The topological polar surface area (TPSA) is 66.8 Å². The van der Waals surface area contributed by atoms with Crippen molar-refractivity contribution in [1.82, 2.24) is 0 Å². The number of hydrogen-bond acceptors (Lipinski definition) is 4. The molecule has 1 aromatic carbocycles. The van der Waals surface area contributed by atoms with Crippen LogP contribution in [-0.4, -0.2) is 36.2 Å². The zero-order valence-corrected chi connectivity index (χ0v) is 12.0. The Labute approximate surface area is 119 Å². The smallest absolute Gasteiger partial charge is 0.340 e. The Bertz CT molecular complexity index is 517. The second kappa shape index (κ2) is 5.71. The van der Waals surface area contributed by atoms with Gasteiger partial charge < -0.3 is 14.7 Å². The molecule has 1 heterocycles. The summed E-state index contributed by atoms with van der Waals surface area (Å²) in [6.07, 6.45) is -0.607. The van der Waals surface area contributed by atoms with E-state index in [1.807, 2.05) is 0 Å². The van der Waals surface area contributed by atoms with E-state index in [0.29, 0.717) is 11.3 Å². The zero-order chi connectivity index (χ0) is 14.0. The summed E-state index contributed by atoms with van der Waals surface area (Å²) in [5.74, 6) is -0.673. The SMILES string of the molecule is CCOC(=O)c1cc(Br)ccc1N1CC(O)CC1=O. The van der Waals surface area contributed by atoms with Gasteiger partial charge in [-0.15, -0.1) is 0 Å². The molecule has 0 saturated carbocycles. The highest BCUT2D eigenvalue weighted by Gasteiger charge is 2.31. The van der Waals surface area contributed by atoms with Crippen molar-refractivity contribution in [2.75, 3.05) is 18.1 Å². The van der Waals surface area contributed by atoms with Crippen LogP contribution in [0.3, 0.4) is 0 Å². The maximum Gasteiger partial charge on any atom is 0.340 e. The second-order valence-electron chi connectivity index (χ2n) is 4.24. The first-order valence-electron chi connectivity index (χ1n) is 5.98. The number of amides is 1. The number of benzene rings is 1. The van der Waals surface area contributed by atoms with E-state index in [9.17, 15) is 14.7 Å². The van der Waals surface area contributed by atoms with Gasteiger partial charge in [-0.25, -0.2) is 4.79 Å². The maximum atomic E-state index is 11.9. The van der Waals surface area contributed by atoms with Crippen LogP contribution < -0.4 is 4.90 Å². The molecule has 0 aromatic heterocycles. The lowest BCUT2D eigenvalue weighted by Crippen LogP contribution is -2.27. The lowest BCUT2D eigenvalue weighted by molar-refractivity contribution is -0.117. The molecule has 1 aliphatic heterocycles. The Morgan fingerprint density at radius 3 is 2.89 bits per heavy atom. The number of hydrogen-bond donors (Lipinski definition) is 1. The fraction of sp³-hybridized carbons (Fsp3) is 0.385. The molecule has 19 heavy (non-hydrogen) atoms. The molecular formula is C13H14BrNO4. The predicted octanol–water partition coefficient (Wildman–Crippen LogP) is 1.72. The summed E-state index contributed by atoms with van der Waals surface area (Å²) < 4.78 is 5.71. The van der Waals surface area contributed by atoms with Crippen LogP contribution in [0.5, 0.6) is 0 Å². The molecule has 102 valence electrons. The molecule has 1 amide bonds. The van der Waals surface area contributed by atoms with Gasteiger partial charge in [-0.05, 0) is 25.1 Å². The van der Waals surface area contributed by atoms with Gasteiger partial charge in [-0.3, -0.25) is 4.79 Å². The quantitative estimate of drug-likeness (QED) is 0.858. The molecule has 1 aromatic rings. The van der Waals surface area contributed by atoms with E-state index < -0.39 is 12.1 Å². The van der Waals surface area contributed by atoms with Crippen LogP contribution in [-0.2, 0) is 9.53 Å². The van der Waals surface area contributed by atoms with E-state index in [1.54, 1.807) is 25.1 Å². The molecule has 6 heteroatoms. The normalized spacial score (nSPS) is 18.8. The van der Waals surface area contributed by atoms with Gasteiger partial charge in [0, 0.05) is 4.47 Å². The number of carbonyl (C=O) groups is 2. The van der Waals surface area contributed by atoms with Crippen molar-refractivity contribution < 1.29 is 19.4 Å². The van der Waals surface area contributed by atoms with Gasteiger partial charge in [0.1, 0.15) is 0 Å². The van der Waals surface area contributed by atoms with E-state index in [4.69, 9.17) is 4.74 Å². The van der Waals surface area contributed by atoms with E-state index >= 15 is 0 Å². The Morgan fingerprint density at radius 2 is 2.32 bits per heavy atom. The predicted molar refractivity (Wildman–Crippen MR) is 73.1 cm³/mol. The van der Waals surface area contributed by atoms with Crippen molar-refractivity contribution in [3.8, 4) is 0 Å². The number of esters is 1. The van der Waals surface area contributed by atoms with E-state index in [2.05, 4.69) is 15.9 Å². The Balaban J connectivity index is 2.39. The molecule has 1 atom stereocenters. The highest BCUT2D eigenvalue weighted by molar-refractivity contribution is 9.10. The van der Waals surface area contributed by atoms with E-state index in [-0.39, 0.29) is 25.5 Å². The number of ether oxygens (including phenoxy) is 1. The Kier molecular flexibility index (Phi) is 4.21. The van der Waals surface area contributed by atoms with Crippen molar-refractivity contribution in [3.63, 3.8) is 0 Å². The minimum atomic E-state index is -0.689. The van der Waals surface area contributed by atoms with Crippen LogP contribution >= 0.6 is 15.9 Å².